The summed E-state index contributed by atoms with van der Waals surface area (Å²) in [5.41, 5.74) is 2.32. The van der Waals surface area contributed by atoms with E-state index < -0.39 is 0 Å². The second-order valence-electron chi connectivity index (χ2n) is 4.91. The summed E-state index contributed by atoms with van der Waals surface area (Å²) >= 11 is 0. The van der Waals surface area contributed by atoms with Crippen molar-refractivity contribution in [1.29, 1.82) is 0 Å². The maximum absolute atomic E-state index is 4.71. The van der Waals surface area contributed by atoms with Gasteiger partial charge in [0.1, 0.15) is 0 Å². The van der Waals surface area contributed by atoms with E-state index in [0.29, 0.717) is 0 Å². The number of rotatable bonds is 2. The third kappa shape index (κ3) is 2.33. The van der Waals surface area contributed by atoms with E-state index in [1.165, 1.54) is 5.56 Å². The van der Waals surface area contributed by atoms with Crippen molar-refractivity contribution in [2.75, 3.05) is 31.1 Å². The highest BCUT2D eigenvalue weighted by Crippen LogP contribution is 2.22. The molecule has 1 aliphatic rings. The zero-order valence-electron chi connectivity index (χ0n) is 11.4. The fourth-order valence-corrected chi connectivity index (χ4v) is 2.45. The molecule has 5 nitrogen and oxygen atoms in total. The lowest BCUT2D eigenvalue weighted by Crippen LogP contribution is -2.44. The number of aryl methyl sites for hydroxylation is 2. The first-order valence-electron chi connectivity index (χ1n) is 6.68. The van der Waals surface area contributed by atoms with Gasteiger partial charge in [0.25, 0.3) is 0 Å². The number of hydrogen-bond donors (Lipinski definition) is 1. The lowest BCUT2D eigenvalue weighted by atomic mass is 10.1. The van der Waals surface area contributed by atoms with E-state index in [4.69, 9.17) is 4.98 Å². The Bertz CT molecular complexity index is 569. The van der Waals surface area contributed by atoms with Crippen LogP contribution in [0.15, 0.2) is 24.3 Å². The Labute approximate surface area is 113 Å². The van der Waals surface area contributed by atoms with Crippen molar-refractivity contribution in [3.63, 3.8) is 0 Å². The van der Waals surface area contributed by atoms with Crippen LogP contribution in [-0.4, -0.2) is 40.9 Å². The van der Waals surface area contributed by atoms with Gasteiger partial charge in [-0.05, 0) is 12.5 Å². The largest absolute Gasteiger partial charge is 0.338 e. The fraction of sp³-hybridized carbons (Fsp3) is 0.429. The highest BCUT2D eigenvalue weighted by atomic mass is 15.4. The molecule has 5 heteroatoms. The monoisotopic (exact) mass is 257 g/mol. The van der Waals surface area contributed by atoms with E-state index in [-0.39, 0.29) is 0 Å². The summed E-state index contributed by atoms with van der Waals surface area (Å²) in [6.45, 7) is 6.08. The SMILES string of the molecule is Cc1ccccc1-c1nc(N2CCNCC2)n(C)n1. The summed E-state index contributed by atoms with van der Waals surface area (Å²) in [5.74, 6) is 1.77. The van der Waals surface area contributed by atoms with Gasteiger partial charge in [0.2, 0.25) is 5.95 Å². The maximum atomic E-state index is 4.71. The Balaban J connectivity index is 1.95. The fourth-order valence-electron chi connectivity index (χ4n) is 2.45. The molecule has 19 heavy (non-hydrogen) atoms. The Hall–Kier alpha value is -1.88. The summed E-state index contributed by atoms with van der Waals surface area (Å²) < 4.78 is 1.88. The van der Waals surface area contributed by atoms with Gasteiger partial charge in [0, 0.05) is 38.8 Å². The van der Waals surface area contributed by atoms with Crippen molar-refractivity contribution in [2.24, 2.45) is 7.05 Å². The number of hydrogen-bond acceptors (Lipinski definition) is 4. The van der Waals surface area contributed by atoms with Crippen LogP contribution >= 0.6 is 0 Å². The van der Waals surface area contributed by atoms with Gasteiger partial charge in [-0.25, -0.2) is 4.68 Å². The smallest absolute Gasteiger partial charge is 0.224 e. The standard InChI is InChI=1S/C14H19N5/c1-11-5-3-4-6-12(11)13-16-14(18(2)17-13)19-9-7-15-8-10-19/h3-6,15H,7-10H2,1-2H3. The molecule has 0 amide bonds. The minimum absolute atomic E-state index is 0.814. The summed E-state index contributed by atoms with van der Waals surface area (Å²) in [6, 6.07) is 8.24. The van der Waals surface area contributed by atoms with Gasteiger partial charge in [-0.3, -0.25) is 0 Å². The van der Waals surface area contributed by atoms with Crippen LogP contribution in [0.4, 0.5) is 5.95 Å². The average molecular weight is 257 g/mol. The third-order valence-electron chi connectivity index (χ3n) is 3.53. The van der Waals surface area contributed by atoms with E-state index in [2.05, 4.69) is 34.4 Å². The average Bonchev–Trinajstić information content (AvgIpc) is 2.82. The van der Waals surface area contributed by atoms with Gasteiger partial charge in [0.05, 0.1) is 0 Å². The number of nitrogens with zero attached hydrogens (tertiary/aromatic N) is 4. The molecule has 1 N–H and O–H groups in total. The molecule has 100 valence electrons. The van der Waals surface area contributed by atoms with Crippen LogP contribution < -0.4 is 10.2 Å². The van der Waals surface area contributed by atoms with Crippen LogP contribution in [-0.2, 0) is 7.05 Å². The Morgan fingerprint density at radius 3 is 2.63 bits per heavy atom. The van der Waals surface area contributed by atoms with Crippen molar-refractivity contribution in [1.82, 2.24) is 20.1 Å². The molecule has 1 aromatic carbocycles. The van der Waals surface area contributed by atoms with E-state index in [9.17, 15) is 0 Å². The topological polar surface area (TPSA) is 46.0 Å². The van der Waals surface area contributed by atoms with Crippen molar-refractivity contribution in [3.8, 4) is 11.4 Å². The van der Waals surface area contributed by atoms with Crippen LogP contribution in [0, 0.1) is 6.92 Å². The number of aromatic nitrogens is 3. The normalized spacial score (nSPS) is 15.8. The van der Waals surface area contributed by atoms with Gasteiger partial charge in [-0.15, -0.1) is 5.10 Å². The van der Waals surface area contributed by atoms with Gasteiger partial charge >= 0.3 is 0 Å². The second-order valence-corrected chi connectivity index (χ2v) is 4.91. The second kappa shape index (κ2) is 5.01. The molecule has 0 atom stereocenters. The van der Waals surface area contributed by atoms with E-state index in [1.807, 2.05) is 23.9 Å². The minimum Gasteiger partial charge on any atom is -0.338 e. The molecular formula is C14H19N5. The van der Waals surface area contributed by atoms with E-state index in [1.54, 1.807) is 0 Å². The highest BCUT2D eigenvalue weighted by Gasteiger charge is 2.18. The number of benzene rings is 1. The lowest BCUT2D eigenvalue weighted by Gasteiger charge is -2.27. The van der Waals surface area contributed by atoms with Crippen LogP contribution in [0.25, 0.3) is 11.4 Å². The van der Waals surface area contributed by atoms with E-state index in [0.717, 1.165) is 43.5 Å². The first kappa shape index (κ1) is 12.2. The molecule has 0 bridgehead atoms. The first-order chi connectivity index (χ1) is 9.25. The molecule has 3 rings (SSSR count). The van der Waals surface area contributed by atoms with Crippen molar-refractivity contribution < 1.29 is 0 Å². The summed E-state index contributed by atoms with van der Waals surface area (Å²) in [7, 11) is 1.96. The number of piperazine rings is 1. The van der Waals surface area contributed by atoms with Gasteiger partial charge in [-0.2, -0.15) is 4.98 Å². The molecular weight excluding hydrogens is 238 g/mol. The predicted octanol–water partition coefficient (Wildman–Crippen LogP) is 1.20. The molecule has 1 aromatic heterocycles. The molecule has 0 saturated carbocycles. The van der Waals surface area contributed by atoms with Crippen LogP contribution in [0.1, 0.15) is 5.56 Å². The van der Waals surface area contributed by atoms with Crippen LogP contribution in [0.3, 0.4) is 0 Å². The lowest BCUT2D eigenvalue weighted by molar-refractivity contribution is 0.568. The molecule has 1 fully saturated rings. The molecule has 1 aliphatic heterocycles. The molecule has 0 spiro atoms. The number of anilines is 1. The van der Waals surface area contributed by atoms with Crippen LogP contribution in [0.2, 0.25) is 0 Å². The molecule has 0 unspecified atom stereocenters. The zero-order valence-corrected chi connectivity index (χ0v) is 11.4. The Morgan fingerprint density at radius 1 is 1.16 bits per heavy atom. The highest BCUT2D eigenvalue weighted by molar-refractivity contribution is 5.61. The Morgan fingerprint density at radius 2 is 1.89 bits per heavy atom. The van der Waals surface area contributed by atoms with Gasteiger partial charge in [-0.1, -0.05) is 24.3 Å². The van der Waals surface area contributed by atoms with Crippen molar-refractivity contribution in [2.45, 2.75) is 6.92 Å². The molecule has 1 saturated heterocycles. The summed E-state index contributed by atoms with van der Waals surface area (Å²) in [4.78, 5) is 7.00. The van der Waals surface area contributed by atoms with Crippen LogP contribution in [0.5, 0.6) is 0 Å². The van der Waals surface area contributed by atoms with Crippen molar-refractivity contribution in [3.05, 3.63) is 29.8 Å². The Kier molecular flexibility index (Phi) is 3.21. The summed E-state index contributed by atoms with van der Waals surface area (Å²) in [5, 5.41) is 7.91. The van der Waals surface area contributed by atoms with Gasteiger partial charge in [0.15, 0.2) is 5.82 Å². The molecule has 2 heterocycles. The molecule has 2 aromatic rings. The maximum Gasteiger partial charge on any atom is 0.224 e. The predicted molar refractivity (Wildman–Crippen MR) is 76.3 cm³/mol. The first-order valence-corrected chi connectivity index (χ1v) is 6.68. The molecule has 0 radical (unpaired) electrons. The van der Waals surface area contributed by atoms with Gasteiger partial charge < -0.3 is 10.2 Å². The molecule has 0 aliphatic carbocycles. The zero-order chi connectivity index (χ0) is 13.2. The third-order valence-corrected chi connectivity index (χ3v) is 3.53. The quantitative estimate of drug-likeness (QED) is 0.878. The summed E-state index contributed by atoms with van der Waals surface area (Å²) in [6.07, 6.45) is 0. The van der Waals surface area contributed by atoms with Crippen molar-refractivity contribution >= 4 is 5.95 Å². The minimum atomic E-state index is 0.814. The van der Waals surface area contributed by atoms with E-state index >= 15 is 0 Å². The number of nitrogens with one attached hydrogen (secondary N) is 1.